The fourth-order valence-corrected chi connectivity index (χ4v) is 3.76. The maximum absolute atomic E-state index is 13.2. The molecule has 130 valence electrons. The van der Waals surface area contributed by atoms with Crippen molar-refractivity contribution >= 4 is 44.7 Å². The maximum Gasteiger partial charge on any atom is 0.279 e. The molecule has 1 aromatic heterocycles. The van der Waals surface area contributed by atoms with E-state index in [1.54, 1.807) is 11.3 Å². The van der Waals surface area contributed by atoms with Gasteiger partial charge in [-0.1, -0.05) is 23.7 Å². The predicted molar refractivity (Wildman–Crippen MR) is 99.8 cm³/mol. The number of hydrogen-bond acceptors (Lipinski definition) is 3. The molecule has 2 N–H and O–H groups in total. The van der Waals surface area contributed by atoms with E-state index in [0.29, 0.717) is 5.69 Å². The second kappa shape index (κ2) is 7.47. The van der Waals surface area contributed by atoms with Crippen LogP contribution in [0.25, 0.3) is 10.2 Å². The number of hydrogen-bond donors (Lipinski definition) is 2. The minimum atomic E-state index is -0.508. The van der Waals surface area contributed by atoms with Crippen LogP contribution < -0.4 is 10.2 Å². The molecule has 0 aliphatic carbocycles. The number of thiazole rings is 1. The van der Waals surface area contributed by atoms with Crippen LogP contribution in [0.2, 0.25) is 5.02 Å². The van der Waals surface area contributed by atoms with Crippen LogP contribution in [-0.4, -0.2) is 24.5 Å². The third-order valence-corrected chi connectivity index (χ3v) is 5.57. The average molecular weight is 379 g/mol. The first-order chi connectivity index (χ1) is 11.9. The molecule has 2 atom stereocenters. The Bertz CT molecular complexity index is 881. The highest BCUT2D eigenvalue weighted by Crippen LogP contribution is 2.24. The van der Waals surface area contributed by atoms with Gasteiger partial charge in [0.05, 0.1) is 22.3 Å². The molecular formula is C18H18ClFN3OS+. The first-order valence-corrected chi connectivity index (χ1v) is 9.06. The van der Waals surface area contributed by atoms with E-state index >= 15 is 0 Å². The monoisotopic (exact) mass is 378 g/mol. The minimum absolute atomic E-state index is 0.0126. The fraction of sp³-hybridized carbons (Fsp3) is 0.222. The Kier molecular flexibility index (Phi) is 5.32. The van der Waals surface area contributed by atoms with E-state index in [-0.39, 0.29) is 23.5 Å². The molecule has 0 spiro atoms. The molecule has 25 heavy (non-hydrogen) atoms. The Balaban J connectivity index is 1.64. The average Bonchev–Trinajstić information content (AvgIpc) is 3.01. The molecule has 3 rings (SSSR count). The lowest BCUT2D eigenvalue weighted by Gasteiger charge is -2.19. The zero-order valence-corrected chi connectivity index (χ0v) is 15.4. The standard InChI is InChI=1S/C18H17ClFN3OS/c1-11(18-22-15-5-3-4-6-16(15)25-18)23(2)10-17(24)21-12-7-8-14(20)13(19)9-12/h3-9,11H,10H2,1-2H3,(H,21,24)/p+1/t11-/m1/s1. The summed E-state index contributed by atoms with van der Waals surface area (Å²) in [7, 11) is 1.95. The Morgan fingerprint density at radius 3 is 2.84 bits per heavy atom. The molecule has 0 aliphatic heterocycles. The van der Waals surface area contributed by atoms with Gasteiger partial charge in [0.15, 0.2) is 11.6 Å². The van der Waals surface area contributed by atoms with Crippen LogP contribution >= 0.6 is 22.9 Å². The smallest absolute Gasteiger partial charge is 0.279 e. The summed E-state index contributed by atoms with van der Waals surface area (Å²) in [6.07, 6.45) is 0. The van der Waals surface area contributed by atoms with Gasteiger partial charge in [0.2, 0.25) is 0 Å². The fourth-order valence-electron chi connectivity index (χ4n) is 2.47. The largest absolute Gasteiger partial charge is 0.322 e. The number of nitrogens with one attached hydrogen (secondary N) is 2. The van der Waals surface area contributed by atoms with Crippen molar-refractivity contribution in [1.82, 2.24) is 4.98 Å². The number of para-hydroxylation sites is 1. The zero-order chi connectivity index (χ0) is 18.0. The highest BCUT2D eigenvalue weighted by atomic mass is 35.5. The summed E-state index contributed by atoms with van der Waals surface area (Å²) in [6.45, 7) is 2.32. The molecule has 0 radical (unpaired) electrons. The van der Waals surface area contributed by atoms with Gasteiger partial charge in [-0.15, -0.1) is 11.3 Å². The topological polar surface area (TPSA) is 46.4 Å². The number of aromatic nitrogens is 1. The first-order valence-electron chi connectivity index (χ1n) is 7.86. The van der Waals surface area contributed by atoms with Gasteiger partial charge in [0.25, 0.3) is 5.91 Å². The number of likely N-dealkylation sites (N-methyl/N-ethyl adjacent to an activating group) is 1. The van der Waals surface area contributed by atoms with E-state index in [9.17, 15) is 9.18 Å². The van der Waals surface area contributed by atoms with E-state index in [1.165, 1.54) is 18.2 Å². The Hall–Kier alpha value is -2.02. The Morgan fingerprint density at radius 1 is 1.36 bits per heavy atom. The summed E-state index contributed by atoms with van der Waals surface area (Å²) < 4.78 is 14.3. The van der Waals surface area contributed by atoms with Gasteiger partial charge in [-0.2, -0.15) is 0 Å². The van der Waals surface area contributed by atoms with E-state index in [1.807, 2.05) is 31.3 Å². The van der Waals surface area contributed by atoms with E-state index in [2.05, 4.69) is 17.2 Å². The van der Waals surface area contributed by atoms with Crippen LogP contribution in [0.15, 0.2) is 42.5 Å². The van der Waals surface area contributed by atoms with Crippen molar-refractivity contribution in [2.24, 2.45) is 0 Å². The Labute approximate surface area is 154 Å². The lowest BCUT2D eigenvalue weighted by molar-refractivity contribution is -0.902. The summed E-state index contributed by atoms with van der Waals surface area (Å²) in [6, 6.07) is 12.2. The van der Waals surface area contributed by atoms with Crippen molar-refractivity contribution in [3.63, 3.8) is 0 Å². The number of rotatable bonds is 5. The summed E-state index contributed by atoms with van der Waals surface area (Å²) >= 11 is 7.38. The number of fused-ring (bicyclic) bond motifs is 1. The summed E-state index contributed by atoms with van der Waals surface area (Å²) in [5, 5.41) is 3.73. The summed E-state index contributed by atoms with van der Waals surface area (Å²) in [5.41, 5.74) is 1.46. The van der Waals surface area contributed by atoms with Gasteiger partial charge in [-0.25, -0.2) is 9.37 Å². The molecule has 3 aromatic rings. The second-order valence-electron chi connectivity index (χ2n) is 5.94. The van der Waals surface area contributed by atoms with Crippen molar-refractivity contribution in [3.8, 4) is 0 Å². The van der Waals surface area contributed by atoms with Gasteiger partial charge in [0.1, 0.15) is 11.9 Å². The molecule has 1 heterocycles. The van der Waals surface area contributed by atoms with Crippen LogP contribution in [0.4, 0.5) is 10.1 Å². The first kappa shape index (κ1) is 17.8. The summed E-state index contributed by atoms with van der Waals surface area (Å²) in [5.74, 6) is -0.667. The maximum atomic E-state index is 13.2. The molecule has 1 amide bonds. The lowest BCUT2D eigenvalue weighted by atomic mass is 10.3. The zero-order valence-electron chi connectivity index (χ0n) is 13.8. The summed E-state index contributed by atoms with van der Waals surface area (Å²) in [4.78, 5) is 17.9. The van der Waals surface area contributed by atoms with Gasteiger partial charge < -0.3 is 10.2 Å². The van der Waals surface area contributed by atoms with Crippen LogP contribution in [0, 0.1) is 5.82 Å². The van der Waals surface area contributed by atoms with Crippen molar-refractivity contribution < 1.29 is 14.1 Å². The predicted octanol–water partition coefficient (Wildman–Crippen LogP) is 3.30. The SMILES string of the molecule is C[C@H](c1nc2ccccc2s1)[NH+](C)CC(=O)Nc1ccc(F)c(Cl)c1. The van der Waals surface area contributed by atoms with Crippen molar-refractivity contribution in [2.45, 2.75) is 13.0 Å². The lowest BCUT2D eigenvalue weighted by Crippen LogP contribution is -3.10. The highest BCUT2D eigenvalue weighted by Gasteiger charge is 2.22. The van der Waals surface area contributed by atoms with Crippen LogP contribution in [-0.2, 0) is 4.79 Å². The van der Waals surface area contributed by atoms with Crippen molar-refractivity contribution in [2.75, 3.05) is 18.9 Å². The second-order valence-corrected chi connectivity index (χ2v) is 7.41. The quantitative estimate of drug-likeness (QED) is 0.715. The van der Waals surface area contributed by atoms with E-state index < -0.39 is 5.82 Å². The highest BCUT2D eigenvalue weighted by molar-refractivity contribution is 7.18. The third kappa shape index (κ3) is 4.15. The van der Waals surface area contributed by atoms with Crippen LogP contribution in [0.3, 0.4) is 0 Å². The molecule has 2 aromatic carbocycles. The van der Waals surface area contributed by atoms with Crippen molar-refractivity contribution in [3.05, 3.63) is 58.3 Å². The number of amides is 1. The number of halogens is 2. The van der Waals surface area contributed by atoms with Crippen LogP contribution in [0.5, 0.6) is 0 Å². The van der Waals surface area contributed by atoms with Gasteiger partial charge in [-0.3, -0.25) is 4.79 Å². The van der Waals surface area contributed by atoms with Crippen LogP contribution in [0.1, 0.15) is 18.0 Å². The normalized spacial score (nSPS) is 13.6. The van der Waals surface area contributed by atoms with E-state index in [0.717, 1.165) is 20.1 Å². The number of quaternary nitrogens is 1. The van der Waals surface area contributed by atoms with E-state index in [4.69, 9.17) is 11.6 Å². The van der Waals surface area contributed by atoms with Gasteiger partial charge >= 0.3 is 0 Å². The van der Waals surface area contributed by atoms with Crippen molar-refractivity contribution in [1.29, 1.82) is 0 Å². The molecule has 4 nitrogen and oxygen atoms in total. The molecule has 0 fully saturated rings. The number of carbonyl (C=O) groups is 1. The molecule has 7 heteroatoms. The number of anilines is 1. The molecule has 1 unspecified atom stereocenters. The number of benzene rings is 2. The number of carbonyl (C=O) groups excluding carboxylic acids is 1. The molecule has 0 saturated carbocycles. The molecule has 0 bridgehead atoms. The molecule has 0 saturated heterocycles. The van der Waals surface area contributed by atoms with Gasteiger partial charge in [0, 0.05) is 5.69 Å². The van der Waals surface area contributed by atoms with Gasteiger partial charge in [-0.05, 0) is 37.3 Å². The molecular weight excluding hydrogens is 361 g/mol. The Morgan fingerprint density at radius 2 is 2.12 bits per heavy atom. The minimum Gasteiger partial charge on any atom is -0.322 e. The molecule has 0 aliphatic rings. The number of nitrogens with zero attached hydrogens (tertiary/aromatic N) is 1. The third-order valence-electron chi connectivity index (χ3n) is 4.06.